The van der Waals surface area contributed by atoms with Crippen molar-refractivity contribution in [2.75, 3.05) is 26.7 Å². The van der Waals surface area contributed by atoms with Crippen LogP contribution in [0.4, 0.5) is 0 Å². The van der Waals surface area contributed by atoms with Crippen molar-refractivity contribution in [3.8, 4) is 0 Å². The molecule has 1 aliphatic carbocycles. The first-order valence-corrected chi connectivity index (χ1v) is 6.97. The van der Waals surface area contributed by atoms with Gasteiger partial charge in [0.15, 0.2) is 0 Å². The van der Waals surface area contributed by atoms with E-state index in [4.69, 9.17) is 0 Å². The quantitative estimate of drug-likeness (QED) is 0.732. The molecular formula is C13H27Cl2N3O. The van der Waals surface area contributed by atoms with Gasteiger partial charge in [0.1, 0.15) is 0 Å². The van der Waals surface area contributed by atoms with Crippen LogP contribution in [-0.4, -0.2) is 49.6 Å². The summed E-state index contributed by atoms with van der Waals surface area (Å²) in [5, 5.41) is 6.23. The maximum atomic E-state index is 11.7. The molecule has 19 heavy (non-hydrogen) atoms. The summed E-state index contributed by atoms with van der Waals surface area (Å²) in [5.74, 6) is 0.227. The van der Waals surface area contributed by atoms with Crippen molar-refractivity contribution in [2.45, 2.75) is 50.6 Å². The summed E-state index contributed by atoms with van der Waals surface area (Å²) in [7, 11) is 1.92. The highest BCUT2D eigenvalue weighted by Gasteiger charge is 2.31. The van der Waals surface area contributed by atoms with E-state index in [0.717, 1.165) is 31.8 Å². The molecule has 2 aliphatic rings. The number of carbonyl (C=O) groups is 1. The number of likely N-dealkylation sites (tertiary alicyclic amines) is 1. The largest absolute Gasteiger partial charge is 0.353 e. The van der Waals surface area contributed by atoms with E-state index in [-0.39, 0.29) is 30.7 Å². The number of nitrogens with zero attached hydrogens (tertiary/aromatic N) is 1. The van der Waals surface area contributed by atoms with Crippen molar-refractivity contribution in [1.82, 2.24) is 15.5 Å². The van der Waals surface area contributed by atoms with Gasteiger partial charge in [0.05, 0.1) is 0 Å². The van der Waals surface area contributed by atoms with E-state index in [2.05, 4.69) is 15.5 Å². The van der Waals surface area contributed by atoms with Crippen molar-refractivity contribution in [3.05, 3.63) is 0 Å². The lowest BCUT2D eigenvalue weighted by atomic mass is 10.0. The Morgan fingerprint density at radius 1 is 1.16 bits per heavy atom. The fourth-order valence-corrected chi connectivity index (χ4v) is 2.57. The predicted octanol–water partition coefficient (Wildman–Crippen LogP) is 1.57. The van der Waals surface area contributed by atoms with Crippen LogP contribution in [0.25, 0.3) is 0 Å². The predicted molar refractivity (Wildman–Crippen MR) is 83.4 cm³/mol. The van der Waals surface area contributed by atoms with E-state index in [1.807, 2.05) is 7.05 Å². The molecule has 0 radical (unpaired) electrons. The highest BCUT2D eigenvalue weighted by Crippen LogP contribution is 2.29. The molecule has 0 aromatic heterocycles. The normalized spacial score (nSPS) is 20.3. The summed E-state index contributed by atoms with van der Waals surface area (Å²) < 4.78 is 0. The molecule has 6 heteroatoms. The van der Waals surface area contributed by atoms with Gasteiger partial charge in [-0.1, -0.05) is 0 Å². The van der Waals surface area contributed by atoms with Gasteiger partial charge in [-0.2, -0.15) is 0 Å². The van der Waals surface area contributed by atoms with Crippen molar-refractivity contribution >= 4 is 30.7 Å². The molecule has 2 rings (SSSR count). The minimum absolute atomic E-state index is 0. The molecule has 114 valence electrons. The van der Waals surface area contributed by atoms with Crippen LogP contribution < -0.4 is 10.6 Å². The smallest absolute Gasteiger partial charge is 0.220 e. The third-order valence-corrected chi connectivity index (χ3v) is 3.79. The van der Waals surface area contributed by atoms with Crippen LogP contribution in [0.15, 0.2) is 0 Å². The lowest BCUT2D eigenvalue weighted by Gasteiger charge is -2.32. The zero-order valence-corrected chi connectivity index (χ0v) is 13.3. The number of rotatable bonds is 6. The molecule has 2 N–H and O–H groups in total. The van der Waals surface area contributed by atoms with Gasteiger partial charge < -0.3 is 15.5 Å². The highest BCUT2D eigenvalue weighted by atomic mass is 35.5. The lowest BCUT2D eigenvalue weighted by molar-refractivity contribution is -0.122. The molecule has 1 aliphatic heterocycles. The van der Waals surface area contributed by atoms with Crippen molar-refractivity contribution in [2.24, 2.45) is 0 Å². The maximum absolute atomic E-state index is 11.7. The maximum Gasteiger partial charge on any atom is 0.220 e. The Labute approximate surface area is 128 Å². The summed E-state index contributed by atoms with van der Waals surface area (Å²) in [6.45, 7) is 3.27. The van der Waals surface area contributed by atoms with E-state index in [9.17, 15) is 4.79 Å². The standard InChI is InChI=1S/C13H25N3O.2ClH/c1-14-8-2-3-13(17)15-11-6-9-16(10-7-11)12-4-5-12;;/h11-12,14H,2-10H2,1H3,(H,15,17);2*1H. The van der Waals surface area contributed by atoms with E-state index in [1.54, 1.807) is 0 Å². The van der Waals surface area contributed by atoms with Crippen LogP contribution in [0.5, 0.6) is 0 Å². The summed E-state index contributed by atoms with van der Waals surface area (Å²) in [4.78, 5) is 14.2. The van der Waals surface area contributed by atoms with Gasteiger partial charge in [-0.15, -0.1) is 24.8 Å². The average Bonchev–Trinajstić information content (AvgIpc) is 3.14. The summed E-state index contributed by atoms with van der Waals surface area (Å²) in [6.07, 6.45) is 6.64. The molecule has 1 saturated carbocycles. The molecule has 1 amide bonds. The summed E-state index contributed by atoms with van der Waals surface area (Å²) in [6, 6.07) is 1.30. The SMILES string of the molecule is CNCCCC(=O)NC1CCN(C2CC2)CC1.Cl.Cl. The summed E-state index contributed by atoms with van der Waals surface area (Å²) in [5.41, 5.74) is 0. The Morgan fingerprint density at radius 2 is 1.79 bits per heavy atom. The van der Waals surface area contributed by atoms with E-state index >= 15 is 0 Å². The molecule has 1 heterocycles. The molecule has 0 atom stereocenters. The third kappa shape index (κ3) is 6.80. The van der Waals surface area contributed by atoms with Gasteiger partial charge in [0, 0.05) is 31.6 Å². The van der Waals surface area contributed by atoms with Crippen molar-refractivity contribution in [1.29, 1.82) is 0 Å². The summed E-state index contributed by atoms with van der Waals surface area (Å²) >= 11 is 0. The highest BCUT2D eigenvalue weighted by molar-refractivity contribution is 5.85. The number of hydrogen-bond donors (Lipinski definition) is 2. The fraction of sp³-hybridized carbons (Fsp3) is 0.923. The molecule has 0 spiro atoms. The number of amides is 1. The van der Waals surface area contributed by atoms with Crippen LogP contribution in [0.2, 0.25) is 0 Å². The molecule has 4 nitrogen and oxygen atoms in total. The van der Waals surface area contributed by atoms with Crippen LogP contribution in [-0.2, 0) is 4.79 Å². The Balaban J connectivity index is 0.00000162. The van der Waals surface area contributed by atoms with Gasteiger partial charge in [0.2, 0.25) is 5.91 Å². The minimum Gasteiger partial charge on any atom is -0.353 e. The first-order valence-electron chi connectivity index (χ1n) is 6.97. The monoisotopic (exact) mass is 311 g/mol. The number of carbonyl (C=O) groups excluding carboxylic acids is 1. The number of halogens is 2. The molecule has 1 saturated heterocycles. The number of piperidine rings is 1. The van der Waals surface area contributed by atoms with Crippen molar-refractivity contribution < 1.29 is 4.79 Å². The first kappa shape index (κ1) is 19.0. The third-order valence-electron chi connectivity index (χ3n) is 3.79. The van der Waals surface area contributed by atoms with Gasteiger partial charge in [-0.05, 0) is 45.7 Å². The van der Waals surface area contributed by atoms with E-state index < -0.39 is 0 Å². The van der Waals surface area contributed by atoms with Gasteiger partial charge in [-0.3, -0.25) is 4.79 Å². The average molecular weight is 312 g/mol. The first-order chi connectivity index (χ1) is 8.29. The van der Waals surface area contributed by atoms with Gasteiger partial charge in [0.25, 0.3) is 0 Å². The van der Waals surface area contributed by atoms with Gasteiger partial charge >= 0.3 is 0 Å². The molecule has 0 aromatic rings. The van der Waals surface area contributed by atoms with Crippen LogP contribution in [0.3, 0.4) is 0 Å². The van der Waals surface area contributed by atoms with Gasteiger partial charge in [-0.25, -0.2) is 0 Å². The Kier molecular flexibility index (Phi) is 9.79. The topological polar surface area (TPSA) is 44.4 Å². The zero-order chi connectivity index (χ0) is 12.1. The second-order valence-corrected chi connectivity index (χ2v) is 5.32. The molecule has 0 bridgehead atoms. The molecule has 0 aromatic carbocycles. The lowest BCUT2D eigenvalue weighted by Crippen LogP contribution is -2.45. The number of nitrogens with one attached hydrogen (secondary N) is 2. The molecule has 2 fully saturated rings. The van der Waals surface area contributed by atoms with Crippen LogP contribution in [0.1, 0.15) is 38.5 Å². The second-order valence-electron chi connectivity index (χ2n) is 5.32. The fourth-order valence-electron chi connectivity index (χ4n) is 2.57. The van der Waals surface area contributed by atoms with Crippen LogP contribution in [0, 0.1) is 0 Å². The molecular weight excluding hydrogens is 285 g/mol. The Bertz CT molecular complexity index is 254. The van der Waals surface area contributed by atoms with Crippen LogP contribution >= 0.6 is 24.8 Å². The minimum atomic E-state index is 0. The second kappa shape index (κ2) is 9.81. The van der Waals surface area contributed by atoms with E-state index in [0.29, 0.717) is 12.5 Å². The van der Waals surface area contributed by atoms with Crippen molar-refractivity contribution in [3.63, 3.8) is 0 Å². The zero-order valence-electron chi connectivity index (χ0n) is 11.7. The molecule has 0 unspecified atom stereocenters. The number of hydrogen-bond acceptors (Lipinski definition) is 3. The Morgan fingerprint density at radius 3 is 2.32 bits per heavy atom. The Hall–Kier alpha value is -0.0300. The van der Waals surface area contributed by atoms with E-state index in [1.165, 1.54) is 25.9 Å².